The normalized spacial score (nSPS) is 11.0. The first kappa shape index (κ1) is 15.3. The lowest BCUT2D eigenvalue weighted by Gasteiger charge is -2.14. The molecule has 0 N–H and O–H groups in total. The summed E-state index contributed by atoms with van der Waals surface area (Å²) in [5, 5.41) is 0.606. The van der Waals surface area contributed by atoms with Crippen LogP contribution in [0.3, 0.4) is 0 Å². The molecule has 3 aromatic rings. The quantitative estimate of drug-likeness (QED) is 0.744. The first-order valence-corrected chi connectivity index (χ1v) is 7.89. The smallest absolute Gasteiger partial charge is 0.293 e. The van der Waals surface area contributed by atoms with E-state index in [1.807, 2.05) is 62.4 Å². The largest absolute Gasteiger partial charge is 0.331 e. The summed E-state index contributed by atoms with van der Waals surface area (Å²) >= 11 is 0. The van der Waals surface area contributed by atoms with Crippen molar-refractivity contribution >= 4 is 10.9 Å². The summed E-state index contributed by atoms with van der Waals surface area (Å²) in [7, 11) is 0. The maximum absolute atomic E-state index is 12.8. The Labute approximate surface area is 134 Å². The molecule has 0 aliphatic carbocycles. The van der Waals surface area contributed by atoms with E-state index in [1.165, 1.54) is 4.57 Å². The predicted octanol–water partition coefficient (Wildman–Crippen LogP) is 2.93. The molecule has 3 rings (SSSR count). The maximum atomic E-state index is 12.8. The van der Waals surface area contributed by atoms with Gasteiger partial charge in [-0.15, -0.1) is 0 Å². The molecule has 1 heterocycles. The van der Waals surface area contributed by atoms with Crippen molar-refractivity contribution in [1.29, 1.82) is 0 Å². The van der Waals surface area contributed by atoms with Gasteiger partial charge in [0.1, 0.15) is 0 Å². The summed E-state index contributed by atoms with van der Waals surface area (Å²) in [5.74, 6) is 0. The Bertz CT molecular complexity index is 953. The van der Waals surface area contributed by atoms with Gasteiger partial charge in [0.25, 0.3) is 5.56 Å². The number of benzene rings is 2. The van der Waals surface area contributed by atoms with Gasteiger partial charge >= 0.3 is 5.69 Å². The molecule has 0 spiro atoms. The number of aromatic nitrogens is 2. The zero-order valence-electron chi connectivity index (χ0n) is 13.5. The summed E-state index contributed by atoms with van der Waals surface area (Å²) in [6.07, 6.45) is 0.840. The van der Waals surface area contributed by atoms with Gasteiger partial charge in [-0.05, 0) is 31.0 Å². The van der Waals surface area contributed by atoms with Crippen LogP contribution >= 0.6 is 0 Å². The van der Waals surface area contributed by atoms with E-state index >= 15 is 0 Å². The van der Waals surface area contributed by atoms with E-state index in [0.717, 1.165) is 23.1 Å². The SMILES string of the molecule is CCCn1c(=O)n(Cc2ccccc2)c(=O)c2cc(C)ccc21. The van der Waals surface area contributed by atoms with Crippen molar-refractivity contribution in [2.75, 3.05) is 0 Å². The van der Waals surface area contributed by atoms with Crippen molar-refractivity contribution in [3.8, 4) is 0 Å². The molecule has 118 valence electrons. The highest BCUT2D eigenvalue weighted by Gasteiger charge is 2.13. The summed E-state index contributed by atoms with van der Waals surface area (Å²) in [5.41, 5.74) is 2.23. The Hall–Kier alpha value is -2.62. The monoisotopic (exact) mass is 308 g/mol. The lowest BCUT2D eigenvalue weighted by atomic mass is 10.1. The van der Waals surface area contributed by atoms with Crippen LogP contribution in [0.4, 0.5) is 0 Å². The Morgan fingerprint density at radius 1 is 0.957 bits per heavy atom. The Balaban J connectivity index is 2.29. The zero-order chi connectivity index (χ0) is 16.4. The topological polar surface area (TPSA) is 44.0 Å². The molecule has 0 fully saturated rings. The highest BCUT2D eigenvalue weighted by Crippen LogP contribution is 2.12. The van der Waals surface area contributed by atoms with Crippen LogP contribution < -0.4 is 11.2 Å². The molecule has 23 heavy (non-hydrogen) atoms. The highest BCUT2D eigenvalue weighted by molar-refractivity contribution is 5.78. The van der Waals surface area contributed by atoms with Crippen LogP contribution in [0, 0.1) is 6.92 Å². The Morgan fingerprint density at radius 3 is 2.39 bits per heavy atom. The molecular formula is C19H20N2O2. The third kappa shape index (κ3) is 2.84. The van der Waals surface area contributed by atoms with Gasteiger partial charge < -0.3 is 0 Å². The predicted molar refractivity (Wildman–Crippen MR) is 93.0 cm³/mol. The minimum atomic E-state index is -0.239. The van der Waals surface area contributed by atoms with E-state index in [4.69, 9.17) is 0 Å². The number of hydrogen-bond donors (Lipinski definition) is 0. The van der Waals surface area contributed by atoms with E-state index in [9.17, 15) is 9.59 Å². The second-order valence-corrected chi connectivity index (χ2v) is 5.83. The van der Waals surface area contributed by atoms with Crippen molar-refractivity contribution in [2.24, 2.45) is 0 Å². The van der Waals surface area contributed by atoms with Crippen molar-refractivity contribution < 1.29 is 0 Å². The molecule has 0 atom stereocenters. The summed E-state index contributed by atoms with van der Waals surface area (Å²) in [6, 6.07) is 15.3. The van der Waals surface area contributed by atoms with Crippen LogP contribution in [0.2, 0.25) is 0 Å². The van der Waals surface area contributed by atoms with Crippen molar-refractivity contribution in [3.63, 3.8) is 0 Å². The second-order valence-electron chi connectivity index (χ2n) is 5.83. The van der Waals surface area contributed by atoms with Gasteiger partial charge in [-0.1, -0.05) is 48.9 Å². The summed E-state index contributed by atoms with van der Waals surface area (Å²) in [4.78, 5) is 25.6. The fourth-order valence-corrected chi connectivity index (χ4v) is 2.88. The molecule has 0 saturated carbocycles. The highest BCUT2D eigenvalue weighted by atomic mass is 16.2. The molecule has 0 aliphatic heterocycles. The lowest BCUT2D eigenvalue weighted by Crippen LogP contribution is -2.40. The Kier molecular flexibility index (Phi) is 4.15. The van der Waals surface area contributed by atoms with Gasteiger partial charge in [0.15, 0.2) is 0 Å². The number of fused-ring (bicyclic) bond motifs is 1. The Morgan fingerprint density at radius 2 is 1.70 bits per heavy atom. The number of rotatable bonds is 4. The molecule has 0 unspecified atom stereocenters. The van der Waals surface area contributed by atoms with Gasteiger partial charge in [-0.2, -0.15) is 0 Å². The number of aryl methyl sites for hydroxylation is 2. The van der Waals surface area contributed by atoms with Crippen LogP contribution in [0.5, 0.6) is 0 Å². The van der Waals surface area contributed by atoms with E-state index in [1.54, 1.807) is 4.57 Å². The van der Waals surface area contributed by atoms with Crippen molar-refractivity contribution in [2.45, 2.75) is 33.4 Å². The average Bonchev–Trinajstić information content (AvgIpc) is 2.56. The van der Waals surface area contributed by atoms with Crippen LogP contribution in [0.25, 0.3) is 10.9 Å². The van der Waals surface area contributed by atoms with Gasteiger partial charge in [-0.25, -0.2) is 4.79 Å². The first-order chi connectivity index (χ1) is 11.1. The molecular weight excluding hydrogens is 288 g/mol. The van der Waals surface area contributed by atoms with Crippen LogP contribution in [0.1, 0.15) is 24.5 Å². The minimum absolute atomic E-state index is 0.218. The van der Waals surface area contributed by atoms with Gasteiger partial charge in [0, 0.05) is 6.54 Å². The average molecular weight is 308 g/mol. The standard InChI is InChI=1S/C19H20N2O2/c1-3-11-20-17-10-9-14(2)12-16(17)18(22)21(19(20)23)13-15-7-5-4-6-8-15/h4-10,12H,3,11,13H2,1-2H3. The molecule has 0 aliphatic rings. The fourth-order valence-electron chi connectivity index (χ4n) is 2.88. The molecule has 0 amide bonds. The molecule has 0 bridgehead atoms. The maximum Gasteiger partial charge on any atom is 0.331 e. The van der Waals surface area contributed by atoms with Crippen molar-refractivity contribution in [3.05, 3.63) is 80.5 Å². The molecule has 4 nitrogen and oxygen atoms in total. The third-order valence-corrected chi connectivity index (χ3v) is 4.01. The first-order valence-electron chi connectivity index (χ1n) is 7.89. The van der Waals surface area contributed by atoms with E-state index < -0.39 is 0 Å². The van der Waals surface area contributed by atoms with E-state index in [-0.39, 0.29) is 11.2 Å². The molecule has 2 aromatic carbocycles. The van der Waals surface area contributed by atoms with Crippen LogP contribution in [-0.2, 0) is 13.1 Å². The van der Waals surface area contributed by atoms with Crippen molar-refractivity contribution in [1.82, 2.24) is 9.13 Å². The zero-order valence-corrected chi connectivity index (χ0v) is 13.5. The van der Waals surface area contributed by atoms with E-state index in [0.29, 0.717) is 18.5 Å². The van der Waals surface area contributed by atoms with Gasteiger partial charge in [0.2, 0.25) is 0 Å². The second kappa shape index (κ2) is 6.24. The summed E-state index contributed by atoms with van der Waals surface area (Å²) < 4.78 is 3.05. The lowest BCUT2D eigenvalue weighted by molar-refractivity contribution is 0.593. The molecule has 0 saturated heterocycles. The third-order valence-electron chi connectivity index (χ3n) is 4.01. The minimum Gasteiger partial charge on any atom is -0.293 e. The van der Waals surface area contributed by atoms with Crippen LogP contribution in [0.15, 0.2) is 58.1 Å². The van der Waals surface area contributed by atoms with E-state index in [2.05, 4.69) is 0 Å². The number of nitrogens with zero attached hydrogens (tertiary/aromatic N) is 2. The van der Waals surface area contributed by atoms with Gasteiger partial charge in [0.05, 0.1) is 17.4 Å². The van der Waals surface area contributed by atoms with Gasteiger partial charge in [-0.3, -0.25) is 13.9 Å². The molecule has 0 radical (unpaired) electrons. The van der Waals surface area contributed by atoms with Crippen LogP contribution in [-0.4, -0.2) is 9.13 Å². The molecule has 1 aromatic heterocycles. The fraction of sp³-hybridized carbons (Fsp3) is 0.263. The number of hydrogen-bond acceptors (Lipinski definition) is 2. The molecule has 4 heteroatoms. The summed E-state index contributed by atoms with van der Waals surface area (Å²) in [6.45, 7) is 4.88.